The maximum Gasteiger partial charge on any atom is 0.0791 e. The molecule has 1 radical (unpaired) electrons. The number of rotatable bonds is 0. The molecule has 0 saturated carbocycles. The molecule has 0 spiro atoms. The number of hydrogen-bond donors (Lipinski definition) is 0. The molecule has 0 aliphatic heterocycles. The molecule has 6 heavy (non-hydrogen) atoms. The summed E-state index contributed by atoms with van der Waals surface area (Å²) in [5.41, 5.74) is 1.79. The van der Waals surface area contributed by atoms with Crippen LogP contribution in [0.15, 0.2) is 17.1 Å². The Hall–Kier alpha value is 0.370. The van der Waals surface area contributed by atoms with Gasteiger partial charge in [-0.15, -0.1) is 11.3 Å². The third-order valence-electron chi connectivity index (χ3n) is 0.347. The molecular weight excluding hydrogens is 190 g/mol. The Kier molecular flexibility index (Phi) is 3.78. The van der Waals surface area contributed by atoms with Gasteiger partial charge in [-0.2, -0.15) is 0 Å². The summed E-state index contributed by atoms with van der Waals surface area (Å²) >= 11 is 1.60. The first kappa shape index (κ1) is 6.37. The van der Waals surface area contributed by atoms with Gasteiger partial charge in [0.1, 0.15) is 0 Å². The molecule has 37 valence electrons. The fraction of sp³-hybridized carbons (Fsp3) is 0. The Bertz CT molecular complexity index is 67.3. The van der Waals surface area contributed by atoms with Crippen molar-refractivity contribution in [2.75, 3.05) is 0 Å². The van der Waals surface area contributed by atoms with E-state index < -0.39 is 0 Å². The van der Waals surface area contributed by atoms with Crippen LogP contribution in [-0.2, 0) is 22.4 Å². The minimum atomic E-state index is 0. The van der Waals surface area contributed by atoms with Gasteiger partial charge in [0.25, 0.3) is 0 Å². The molecule has 0 amide bonds. The van der Waals surface area contributed by atoms with Gasteiger partial charge in [0, 0.05) is 34.0 Å². The zero-order valence-electron chi connectivity index (χ0n) is 2.89. The first-order valence-electron chi connectivity index (χ1n) is 1.32. The molecule has 1 heterocycles. The van der Waals surface area contributed by atoms with Gasteiger partial charge in [0.15, 0.2) is 0 Å². The van der Waals surface area contributed by atoms with Gasteiger partial charge in [0.2, 0.25) is 0 Å². The number of nitrogens with zero attached hydrogens (tertiary/aromatic N) is 1. The second-order valence-electron chi connectivity index (χ2n) is 0.676. The van der Waals surface area contributed by atoms with Crippen LogP contribution in [0.1, 0.15) is 0 Å². The van der Waals surface area contributed by atoms with Crippen molar-refractivity contribution in [3.8, 4) is 0 Å². The van der Waals surface area contributed by atoms with Gasteiger partial charge < -0.3 is 0 Å². The predicted octanol–water partition coefficient (Wildman–Crippen LogP) is 1.14. The van der Waals surface area contributed by atoms with Crippen LogP contribution < -0.4 is 0 Å². The van der Waals surface area contributed by atoms with E-state index in [4.69, 9.17) is 0 Å². The fourth-order valence-corrected chi connectivity index (χ4v) is 0.527. The van der Waals surface area contributed by atoms with E-state index in [-0.39, 0.29) is 22.4 Å². The fourth-order valence-electron chi connectivity index (χ4n) is 0.176. The smallest absolute Gasteiger partial charge is 0.0791 e. The molecule has 1 aromatic heterocycles. The van der Waals surface area contributed by atoms with Crippen molar-refractivity contribution < 1.29 is 22.4 Å². The molecular formula is C3H3AgNS. The summed E-state index contributed by atoms with van der Waals surface area (Å²) in [5, 5.41) is 1.93. The number of aromatic nitrogens is 1. The van der Waals surface area contributed by atoms with Gasteiger partial charge in [-0.1, -0.05) is 0 Å². The van der Waals surface area contributed by atoms with E-state index in [1.807, 2.05) is 5.38 Å². The molecule has 0 aromatic carbocycles. The summed E-state index contributed by atoms with van der Waals surface area (Å²) in [6, 6.07) is 0. The van der Waals surface area contributed by atoms with Crippen molar-refractivity contribution in [2.24, 2.45) is 0 Å². The molecule has 1 rings (SSSR count). The van der Waals surface area contributed by atoms with Crippen molar-refractivity contribution in [1.82, 2.24) is 4.98 Å². The third-order valence-corrected chi connectivity index (χ3v) is 0.869. The van der Waals surface area contributed by atoms with E-state index in [1.54, 1.807) is 23.0 Å². The molecule has 0 unspecified atom stereocenters. The quantitative estimate of drug-likeness (QED) is 0.563. The van der Waals surface area contributed by atoms with Crippen molar-refractivity contribution in [3.63, 3.8) is 0 Å². The van der Waals surface area contributed by atoms with Gasteiger partial charge >= 0.3 is 0 Å². The molecule has 0 atom stereocenters. The first-order valence-corrected chi connectivity index (χ1v) is 2.26. The largest absolute Gasteiger partial charge is 0.253 e. The Morgan fingerprint density at radius 2 is 2.33 bits per heavy atom. The van der Waals surface area contributed by atoms with E-state index in [0.29, 0.717) is 0 Å². The Balaban J connectivity index is 0.000000250. The summed E-state index contributed by atoms with van der Waals surface area (Å²) < 4.78 is 0. The van der Waals surface area contributed by atoms with Crippen molar-refractivity contribution in [3.05, 3.63) is 17.1 Å². The average molecular weight is 193 g/mol. The Morgan fingerprint density at radius 1 is 1.50 bits per heavy atom. The van der Waals surface area contributed by atoms with E-state index in [1.165, 1.54) is 0 Å². The maximum absolute atomic E-state index is 3.74. The Labute approximate surface area is 55.9 Å². The molecule has 0 fully saturated rings. The zero-order chi connectivity index (χ0) is 3.54. The van der Waals surface area contributed by atoms with Crippen LogP contribution in [0.5, 0.6) is 0 Å². The predicted molar refractivity (Wildman–Crippen MR) is 22.1 cm³/mol. The molecule has 0 aliphatic carbocycles. The van der Waals surface area contributed by atoms with Crippen LogP contribution in [-0.4, -0.2) is 4.98 Å². The van der Waals surface area contributed by atoms with E-state index >= 15 is 0 Å². The summed E-state index contributed by atoms with van der Waals surface area (Å²) in [5.74, 6) is 0. The summed E-state index contributed by atoms with van der Waals surface area (Å²) in [6.45, 7) is 0. The molecule has 0 aliphatic rings. The number of thiazole rings is 1. The minimum absolute atomic E-state index is 0. The van der Waals surface area contributed by atoms with Crippen molar-refractivity contribution in [2.45, 2.75) is 0 Å². The standard InChI is InChI=1S/C3H3NS.Ag/c1-2-5-3-4-1;/h1-3H;. The van der Waals surface area contributed by atoms with Crippen LogP contribution in [0, 0.1) is 0 Å². The topological polar surface area (TPSA) is 12.9 Å². The second-order valence-corrected chi connectivity index (χ2v) is 1.43. The van der Waals surface area contributed by atoms with Crippen molar-refractivity contribution >= 4 is 11.3 Å². The van der Waals surface area contributed by atoms with Gasteiger partial charge in [-0.25, -0.2) is 0 Å². The molecule has 0 saturated heterocycles. The van der Waals surface area contributed by atoms with E-state index in [0.717, 1.165) is 0 Å². The molecule has 1 nitrogen and oxygen atoms in total. The van der Waals surface area contributed by atoms with Crippen LogP contribution >= 0.6 is 11.3 Å². The number of hydrogen-bond acceptors (Lipinski definition) is 2. The monoisotopic (exact) mass is 192 g/mol. The summed E-state index contributed by atoms with van der Waals surface area (Å²) in [4.78, 5) is 3.74. The zero-order valence-corrected chi connectivity index (χ0v) is 5.19. The maximum atomic E-state index is 3.74. The third kappa shape index (κ3) is 1.72. The molecule has 1 aromatic rings. The van der Waals surface area contributed by atoms with E-state index in [2.05, 4.69) is 4.98 Å². The SMILES string of the molecule is [Ag].c1cscn1. The first-order chi connectivity index (χ1) is 2.50. The van der Waals surface area contributed by atoms with Crippen LogP contribution in [0.3, 0.4) is 0 Å². The second kappa shape index (κ2) is 3.56. The molecule has 3 heteroatoms. The summed E-state index contributed by atoms with van der Waals surface area (Å²) in [6.07, 6.45) is 1.77. The van der Waals surface area contributed by atoms with Crippen LogP contribution in [0.4, 0.5) is 0 Å². The van der Waals surface area contributed by atoms with Gasteiger partial charge in [-0.3, -0.25) is 4.98 Å². The van der Waals surface area contributed by atoms with Crippen LogP contribution in [0.2, 0.25) is 0 Å². The van der Waals surface area contributed by atoms with Crippen molar-refractivity contribution in [1.29, 1.82) is 0 Å². The normalized spacial score (nSPS) is 6.67. The summed E-state index contributed by atoms with van der Waals surface area (Å²) in [7, 11) is 0. The van der Waals surface area contributed by atoms with Gasteiger partial charge in [-0.05, 0) is 0 Å². The van der Waals surface area contributed by atoms with Crippen LogP contribution in [0.25, 0.3) is 0 Å². The van der Waals surface area contributed by atoms with E-state index in [9.17, 15) is 0 Å². The Morgan fingerprint density at radius 3 is 2.50 bits per heavy atom. The van der Waals surface area contributed by atoms with Gasteiger partial charge in [0.05, 0.1) is 5.51 Å². The average Bonchev–Trinajstić information content (AvgIpc) is 1.76. The molecule has 0 bridgehead atoms. The minimum Gasteiger partial charge on any atom is -0.253 e. The molecule has 0 N–H and O–H groups in total.